The van der Waals surface area contributed by atoms with E-state index < -0.39 is 10.0 Å². The first kappa shape index (κ1) is 16.6. The van der Waals surface area contributed by atoms with Gasteiger partial charge < -0.3 is 5.11 Å². The molecule has 2 N–H and O–H groups in total. The van der Waals surface area contributed by atoms with Crippen molar-refractivity contribution in [2.45, 2.75) is 30.7 Å². The van der Waals surface area contributed by atoms with E-state index in [9.17, 15) is 13.5 Å². The third kappa shape index (κ3) is 3.91. The minimum Gasteiger partial charge on any atom is -0.395 e. The first-order valence-corrected chi connectivity index (χ1v) is 8.43. The molecule has 6 heteroatoms. The third-order valence-corrected chi connectivity index (χ3v) is 4.93. The zero-order valence-corrected chi connectivity index (χ0v) is 13.5. The van der Waals surface area contributed by atoms with Crippen LogP contribution in [0.5, 0.6) is 0 Å². The minimum absolute atomic E-state index is 0.0555. The predicted octanol–water partition coefficient (Wildman–Crippen LogP) is 1.83. The van der Waals surface area contributed by atoms with Crippen molar-refractivity contribution in [1.29, 1.82) is 0 Å². The van der Waals surface area contributed by atoms with Gasteiger partial charge in [-0.05, 0) is 23.3 Å². The number of pyridine rings is 1. The van der Waals surface area contributed by atoms with Gasteiger partial charge in [0.25, 0.3) is 0 Å². The van der Waals surface area contributed by atoms with Crippen LogP contribution in [0.1, 0.15) is 25.0 Å². The average Bonchev–Trinajstić information content (AvgIpc) is 2.54. The molecule has 0 aliphatic heterocycles. The highest BCUT2D eigenvalue weighted by molar-refractivity contribution is 7.89. The molecule has 0 bridgehead atoms. The van der Waals surface area contributed by atoms with E-state index in [1.807, 2.05) is 38.1 Å². The van der Waals surface area contributed by atoms with Crippen molar-refractivity contribution in [2.75, 3.05) is 6.61 Å². The topological polar surface area (TPSA) is 79.3 Å². The molecule has 0 amide bonds. The number of rotatable bonds is 6. The summed E-state index contributed by atoms with van der Waals surface area (Å²) in [6, 6.07) is 10.6. The second-order valence-electron chi connectivity index (χ2n) is 5.75. The molecule has 0 radical (unpaired) electrons. The van der Waals surface area contributed by atoms with Gasteiger partial charge in [-0.3, -0.25) is 4.98 Å². The number of aromatic nitrogens is 1. The van der Waals surface area contributed by atoms with Gasteiger partial charge in [-0.1, -0.05) is 38.1 Å². The molecule has 118 valence electrons. The standard InChI is InChI=1S/C16H20N2O3S/c1-16(2,12-19)14-7-5-13(6-8-14)10-18-22(20,21)15-4-3-9-17-11-15/h3-9,11,18-19H,10,12H2,1-2H3. The number of benzene rings is 1. The van der Waals surface area contributed by atoms with Crippen LogP contribution >= 0.6 is 0 Å². The number of sulfonamides is 1. The van der Waals surface area contributed by atoms with E-state index in [4.69, 9.17) is 0 Å². The Morgan fingerprint density at radius 1 is 1.18 bits per heavy atom. The van der Waals surface area contributed by atoms with Gasteiger partial charge in [0.2, 0.25) is 10.0 Å². The van der Waals surface area contributed by atoms with Crippen LogP contribution < -0.4 is 4.72 Å². The van der Waals surface area contributed by atoms with Gasteiger partial charge in [0.15, 0.2) is 0 Å². The number of hydrogen-bond acceptors (Lipinski definition) is 4. The normalized spacial score (nSPS) is 12.3. The molecule has 1 aromatic heterocycles. The fourth-order valence-electron chi connectivity index (χ4n) is 1.93. The fourth-order valence-corrected chi connectivity index (χ4v) is 2.91. The number of nitrogens with one attached hydrogen (secondary N) is 1. The molecular formula is C16H20N2O3S. The maximum atomic E-state index is 12.1. The van der Waals surface area contributed by atoms with E-state index >= 15 is 0 Å². The van der Waals surface area contributed by atoms with Gasteiger partial charge in [0.05, 0.1) is 6.61 Å². The molecule has 22 heavy (non-hydrogen) atoms. The molecule has 0 saturated carbocycles. The molecule has 2 rings (SSSR count). The van der Waals surface area contributed by atoms with Crippen LogP contribution in [0, 0.1) is 0 Å². The van der Waals surface area contributed by atoms with Gasteiger partial charge in [0.1, 0.15) is 4.90 Å². The molecular weight excluding hydrogens is 300 g/mol. The molecule has 2 aromatic rings. The Balaban J connectivity index is 2.06. The van der Waals surface area contributed by atoms with Crippen molar-refractivity contribution >= 4 is 10.0 Å². The summed E-state index contributed by atoms with van der Waals surface area (Å²) in [6.45, 7) is 4.16. The summed E-state index contributed by atoms with van der Waals surface area (Å²) in [5.41, 5.74) is 1.55. The lowest BCUT2D eigenvalue weighted by Gasteiger charge is -2.22. The summed E-state index contributed by atoms with van der Waals surface area (Å²) in [6.07, 6.45) is 2.84. The van der Waals surface area contributed by atoms with Crippen LogP contribution in [-0.4, -0.2) is 25.1 Å². The van der Waals surface area contributed by atoms with Crippen molar-refractivity contribution in [2.24, 2.45) is 0 Å². The Kier molecular flexibility index (Phi) is 4.95. The van der Waals surface area contributed by atoms with Crippen molar-refractivity contribution in [3.05, 3.63) is 59.9 Å². The van der Waals surface area contributed by atoms with Crippen LogP contribution in [-0.2, 0) is 22.0 Å². The van der Waals surface area contributed by atoms with E-state index in [1.165, 1.54) is 18.5 Å². The maximum absolute atomic E-state index is 12.1. The summed E-state index contributed by atoms with van der Waals surface area (Å²) in [4.78, 5) is 3.96. The molecule has 1 heterocycles. The zero-order valence-electron chi connectivity index (χ0n) is 12.7. The SMILES string of the molecule is CC(C)(CO)c1ccc(CNS(=O)(=O)c2cccnc2)cc1. The quantitative estimate of drug-likeness (QED) is 0.851. The molecule has 0 fully saturated rings. The molecule has 5 nitrogen and oxygen atoms in total. The van der Waals surface area contributed by atoms with Crippen LogP contribution in [0.25, 0.3) is 0 Å². The van der Waals surface area contributed by atoms with Crippen LogP contribution in [0.3, 0.4) is 0 Å². The molecule has 0 unspecified atom stereocenters. The summed E-state index contributed by atoms with van der Waals surface area (Å²) >= 11 is 0. The summed E-state index contributed by atoms with van der Waals surface area (Å²) in [5, 5.41) is 9.36. The molecule has 0 atom stereocenters. The predicted molar refractivity (Wildman–Crippen MR) is 84.8 cm³/mol. The van der Waals surface area contributed by atoms with Crippen molar-refractivity contribution in [3.63, 3.8) is 0 Å². The van der Waals surface area contributed by atoms with Gasteiger partial charge in [0, 0.05) is 24.4 Å². The smallest absolute Gasteiger partial charge is 0.242 e. The lowest BCUT2D eigenvalue weighted by Crippen LogP contribution is -2.24. The van der Waals surface area contributed by atoms with E-state index in [0.717, 1.165) is 11.1 Å². The Morgan fingerprint density at radius 3 is 2.41 bits per heavy atom. The highest BCUT2D eigenvalue weighted by atomic mass is 32.2. The summed E-state index contributed by atoms with van der Waals surface area (Å²) < 4.78 is 26.7. The molecule has 0 spiro atoms. The molecule has 0 aliphatic rings. The van der Waals surface area contributed by atoms with Gasteiger partial charge in [-0.15, -0.1) is 0 Å². The van der Waals surface area contributed by atoms with Crippen LogP contribution in [0.4, 0.5) is 0 Å². The second-order valence-corrected chi connectivity index (χ2v) is 7.52. The highest BCUT2D eigenvalue weighted by Crippen LogP contribution is 2.22. The van der Waals surface area contributed by atoms with E-state index in [1.54, 1.807) is 6.07 Å². The van der Waals surface area contributed by atoms with Crippen LogP contribution in [0.15, 0.2) is 53.7 Å². The van der Waals surface area contributed by atoms with Crippen LogP contribution in [0.2, 0.25) is 0 Å². The third-order valence-electron chi connectivity index (χ3n) is 3.54. The Morgan fingerprint density at radius 2 is 1.86 bits per heavy atom. The Bertz CT molecular complexity index is 711. The van der Waals surface area contributed by atoms with Crippen molar-refractivity contribution in [1.82, 2.24) is 9.71 Å². The number of aliphatic hydroxyl groups excluding tert-OH is 1. The maximum Gasteiger partial charge on any atom is 0.242 e. The molecule has 1 aromatic carbocycles. The second kappa shape index (κ2) is 6.56. The lowest BCUT2D eigenvalue weighted by molar-refractivity contribution is 0.218. The Hall–Kier alpha value is -1.76. The largest absolute Gasteiger partial charge is 0.395 e. The number of nitrogens with zero attached hydrogens (tertiary/aromatic N) is 1. The highest BCUT2D eigenvalue weighted by Gasteiger charge is 2.19. The fraction of sp³-hybridized carbons (Fsp3) is 0.312. The number of aliphatic hydroxyl groups is 1. The minimum atomic E-state index is -3.55. The summed E-state index contributed by atoms with van der Waals surface area (Å²) in [5.74, 6) is 0. The van der Waals surface area contributed by atoms with Gasteiger partial charge >= 0.3 is 0 Å². The Labute approximate surface area is 131 Å². The van der Waals surface area contributed by atoms with Crippen molar-refractivity contribution < 1.29 is 13.5 Å². The zero-order chi connectivity index (χ0) is 16.2. The van der Waals surface area contributed by atoms with Crippen molar-refractivity contribution in [3.8, 4) is 0 Å². The number of hydrogen-bond donors (Lipinski definition) is 2. The monoisotopic (exact) mass is 320 g/mol. The van der Waals surface area contributed by atoms with Gasteiger partial charge in [-0.2, -0.15) is 0 Å². The first-order valence-electron chi connectivity index (χ1n) is 6.95. The van der Waals surface area contributed by atoms with Gasteiger partial charge in [-0.25, -0.2) is 13.1 Å². The first-order chi connectivity index (χ1) is 10.3. The average molecular weight is 320 g/mol. The molecule has 0 saturated heterocycles. The lowest BCUT2D eigenvalue weighted by atomic mass is 9.85. The van der Waals surface area contributed by atoms with E-state index in [0.29, 0.717) is 0 Å². The van der Waals surface area contributed by atoms with E-state index in [2.05, 4.69) is 9.71 Å². The summed E-state index contributed by atoms with van der Waals surface area (Å²) in [7, 11) is -3.55. The van der Waals surface area contributed by atoms with E-state index in [-0.39, 0.29) is 23.5 Å². The molecule has 0 aliphatic carbocycles.